The van der Waals surface area contributed by atoms with Gasteiger partial charge < -0.3 is 0 Å². The number of carbonyl (C=O) groups excluding carboxylic acids is 3. The molecule has 0 rings (SSSR count). The molecule has 0 aromatic heterocycles. The summed E-state index contributed by atoms with van der Waals surface area (Å²) < 4.78 is 32.7. The van der Waals surface area contributed by atoms with E-state index in [1.54, 1.807) is 32.6 Å². The van der Waals surface area contributed by atoms with Gasteiger partial charge in [0.15, 0.2) is 0 Å². The van der Waals surface area contributed by atoms with Gasteiger partial charge in [-0.25, -0.2) is 49.4 Å². The fourth-order valence-electron chi connectivity index (χ4n) is 0.125. The number of amides is 6. The summed E-state index contributed by atoms with van der Waals surface area (Å²) in [6.07, 6.45) is 0. The van der Waals surface area contributed by atoms with E-state index >= 15 is 0 Å². The fraction of sp³-hybridized carbons (Fsp3) is 0. The molecule has 6 amide bonds. The summed E-state index contributed by atoms with van der Waals surface area (Å²) in [6.45, 7) is 0. The molecule has 19 N–H and O–H groups in total. The van der Waals surface area contributed by atoms with Crippen LogP contribution in [0, 0.1) is 10.2 Å². The molecular weight excluding hydrogens is 464 g/mol. The molecule has 0 aliphatic carbocycles. The molecule has 0 radical (unpaired) electrons. The molecule has 0 unspecified atom stereocenters. The van der Waals surface area contributed by atoms with Gasteiger partial charge in [-0.05, 0) is 0 Å². The number of hydrogen-bond acceptors (Lipinski definition) is 13. The van der Waals surface area contributed by atoms with Crippen molar-refractivity contribution in [3.63, 3.8) is 0 Å². The van der Waals surface area contributed by atoms with Crippen LogP contribution in [0.5, 0.6) is 0 Å². The van der Waals surface area contributed by atoms with E-state index in [0.29, 0.717) is 0 Å². The van der Waals surface area contributed by atoms with Crippen LogP contribution < -0.4 is 81.6 Å². The van der Waals surface area contributed by atoms with Crippen molar-refractivity contribution in [1.29, 1.82) is 0 Å². The topological polar surface area (TPSA) is 369 Å². The van der Waals surface area contributed by atoms with Crippen molar-refractivity contribution in [2.45, 2.75) is 0 Å². The number of halogens is 1. The van der Waals surface area contributed by atoms with Crippen LogP contribution in [0.15, 0.2) is 0 Å². The van der Waals surface area contributed by atoms with E-state index in [0.717, 1.165) is 0 Å². The molecule has 0 fully saturated rings. The number of rotatable bonds is 0. The molecule has 142 valence electrons. The minimum atomic E-state index is -4.69. The first-order valence-electron chi connectivity index (χ1n) is 4.48. The molecule has 0 aliphatic heterocycles. The second-order valence-electron chi connectivity index (χ2n) is 2.25. The van der Waals surface area contributed by atoms with E-state index in [-0.39, 0.29) is 27.3 Å². The predicted molar refractivity (Wildman–Crippen MR) is 62.3 cm³/mol. The summed E-state index contributed by atoms with van der Waals surface area (Å²) >= 11 is 0. The summed E-state index contributed by atoms with van der Waals surface area (Å²) in [5.74, 6) is 27.2. The third-order valence-electron chi connectivity index (χ3n) is 0.787. The molecular formula is C3H19CdClN12O7. The molecule has 0 bridgehead atoms. The van der Waals surface area contributed by atoms with Crippen LogP contribution >= 0.6 is 0 Å². The van der Waals surface area contributed by atoms with E-state index in [2.05, 4.69) is 35.1 Å². The Morgan fingerprint density at radius 3 is 0.708 bits per heavy atom. The zero-order chi connectivity index (χ0) is 19.5. The number of nitrogens with two attached hydrogens (primary N) is 6. The SMILES string of the molecule is NNC(=O)NN.NNC(=O)NN.NNC(=O)NN.[Cd].[O-][Cl+3]([O-])([O-])O. The van der Waals surface area contributed by atoms with Crippen molar-refractivity contribution < 1.29 is 70.6 Å². The number of nitrogens with one attached hydrogen (secondary N) is 6. The summed E-state index contributed by atoms with van der Waals surface area (Å²) in [5, 5.41) is 0. The normalized spacial score (nSPS) is 7.75. The van der Waals surface area contributed by atoms with Crippen molar-refractivity contribution in [3.05, 3.63) is 0 Å². The van der Waals surface area contributed by atoms with Crippen molar-refractivity contribution in [2.75, 3.05) is 0 Å². The monoisotopic (exact) mass is 484 g/mol. The standard InChI is InChI=1S/3CH6N4O.Cd.ClHO4/c3*2-4-1(6)5-3;;2-1(3,4)5/h3*2-3H2,(H2,4,5,6);;(H,2,3,4,5). The van der Waals surface area contributed by atoms with E-state index in [9.17, 15) is 14.4 Å². The molecule has 0 saturated heterocycles. The maximum Gasteiger partial charge on any atom is 0.343 e. The average molecular weight is 483 g/mol. The molecule has 21 heteroatoms. The van der Waals surface area contributed by atoms with Gasteiger partial charge in [0.1, 0.15) is 0 Å². The molecule has 0 saturated carbocycles. The Balaban J connectivity index is -0.0000000661. The summed E-state index contributed by atoms with van der Waals surface area (Å²) in [4.78, 5) is 29.1. The predicted octanol–water partition coefficient (Wildman–Crippen LogP) is -10.0. The smallest absolute Gasteiger partial charge is 0.275 e. The third kappa shape index (κ3) is 70.4. The Kier molecular flexibility index (Phi) is 33.9. The van der Waals surface area contributed by atoms with Crippen LogP contribution in [0.25, 0.3) is 0 Å². The molecule has 0 aromatic carbocycles. The number of hydrogen-bond donors (Lipinski definition) is 13. The number of urea groups is 3. The van der Waals surface area contributed by atoms with Crippen molar-refractivity contribution in [1.82, 2.24) is 32.6 Å². The largest absolute Gasteiger partial charge is 0.343 e. The van der Waals surface area contributed by atoms with Crippen molar-refractivity contribution in [2.24, 2.45) is 35.1 Å². The van der Waals surface area contributed by atoms with Gasteiger partial charge in [0, 0.05) is 27.3 Å². The van der Waals surface area contributed by atoms with Gasteiger partial charge in [-0.15, -0.1) is 0 Å². The minimum absolute atomic E-state index is 0. The summed E-state index contributed by atoms with van der Waals surface area (Å²) in [7, 11) is -4.69. The molecule has 0 heterocycles. The zero-order valence-corrected chi connectivity index (χ0v) is 16.7. The van der Waals surface area contributed by atoms with E-state index in [4.69, 9.17) is 18.6 Å². The van der Waals surface area contributed by atoms with Crippen molar-refractivity contribution >= 4 is 18.1 Å². The molecule has 0 spiro atoms. The summed E-state index contributed by atoms with van der Waals surface area (Å²) in [6, 6.07) is -1.81. The van der Waals surface area contributed by atoms with Gasteiger partial charge in [-0.1, -0.05) is 0 Å². The van der Waals surface area contributed by atoms with Crippen LogP contribution in [0.2, 0.25) is 0 Å². The maximum atomic E-state index is 9.71. The number of hydrazine groups is 6. The van der Waals surface area contributed by atoms with Crippen LogP contribution in [0.1, 0.15) is 0 Å². The molecule has 0 aliphatic rings. The van der Waals surface area contributed by atoms with Gasteiger partial charge in [0.2, 0.25) is 0 Å². The minimum Gasteiger partial charge on any atom is -0.275 e. The fourth-order valence-corrected chi connectivity index (χ4v) is 0.125. The Labute approximate surface area is 156 Å². The first-order valence-corrected chi connectivity index (χ1v) is 5.74. The second kappa shape index (κ2) is 23.9. The summed E-state index contributed by atoms with van der Waals surface area (Å²) in [5.41, 5.74) is 10.4. The second-order valence-corrected chi connectivity index (χ2v) is 3.04. The zero-order valence-electron chi connectivity index (χ0n) is 11.9. The Bertz CT molecular complexity index is 253. The first-order chi connectivity index (χ1) is 10.4. The van der Waals surface area contributed by atoms with Crippen LogP contribution in [-0.4, -0.2) is 22.8 Å². The van der Waals surface area contributed by atoms with E-state index in [1.165, 1.54) is 0 Å². The third-order valence-corrected chi connectivity index (χ3v) is 0.787. The molecule has 19 nitrogen and oxygen atoms in total. The molecule has 24 heavy (non-hydrogen) atoms. The van der Waals surface area contributed by atoms with E-state index in [1.807, 2.05) is 0 Å². The van der Waals surface area contributed by atoms with Gasteiger partial charge in [0.05, 0.1) is 14.9 Å². The quantitative estimate of drug-likeness (QED) is 0.0659. The van der Waals surface area contributed by atoms with Crippen molar-refractivity contribution in [3.8, 4) is 0 Å². The first kappa shape index (κ1) is 34.1. The number of carbonyl (C=O) groups is 3. The Hall–Kier alpha value is -1.38. The maximum absolute atomic E-state index is 9.71. The van der Waals surface area contributed by atoms with Gasteiger partial charge in [-0.3, -0.25) is 32.6 Å². The Morgan fingerprint density at radius 1 is 0.625 bits per heavy atom. The Morgan fingerprint density at radius 2 is 0.708 bits per heavy atom. The van der Waals surface area contributed by atoms with Crippen LogP contribution in [0.4, 0.5) is 14.4 Å². The molecule has 0 atom stereocenters. The van der Waals surface area contributed by atoms with Gasteiger partial charge >= 0.3 is 18.1 Å². The molecule has 0 aromatic rings. The van der Waals surface area contributed by atoms with Gasteiger partial charge in [-0.2, -0.15) is 14.0 Å². The van der Waals surface area contributed by atoms with Crippen LogP contribution in [0.3, 0.4) is 0 Å². The average Bonchev–Trinajstić information content (AvgIpc) is 2.51. The van der Waals surface area contributed by atoms with Gasteiger partial charge in [0.25, 0.3) is 0 Å². The van der Waals surface area contributed by atoms with Crippen LogP contribution in [-0.2, 0) is 27.3 Å². The van der Waals surface area contributed by atoms with E-state index < -0.39 is 28.3 Å².